The van der Waals surface area contributed by atoms with Gasteiger partial charge in [0.1, 0.15) is 0 Å². The van der Waals surface area contributed by atoms with E-state index in [9.17, 15) is 0 Å². The third-order valence-corrected chi connectivity index (χ3v) is 4.42. The molecule has 2 rings (SSSR count). The summed E-state index contributed by atoms with van der Waals surface area (Å²) in [5.41, 5.74) is 8.68. The Hall–Kier alpha value is -1.25. The van der Waals surface area contributed by atoms with E-state index in [1.165, 1.54) is 20.9 Å². The maximum Gasteiger partial charge on any atom is 0.0151 e. The molecule has 1 atom stereocenters. The Labute approximate surface area is 120 Å². The maximum absolute atomic E-state index is 6.01. The molecule has 0 spiro atoms. The number of benzene rings is 2. The van der Waals surface area contributed by atoms with Crippen LogP contribution in [0.2, 0.25) is 0 Å². The molecule has 0 saturated carbocycles. The van der Waals surface area contributed by atoms with Crippen molar-refractivity contribution in [2.45, 2.75) is 42.5 Å². The van der Waals surface area contributed by atoms with Crippen molar-refractivity contribution in [2.75, 3.05) is 0 Å². The summed E-state index contributed by atoms with van der Waals surface area (Å²) in [6.45, 7) is 4.31. The van der Waals surface area contributed by atoms with Gasteiger partial charge in [0.25, 0.3) is 0 Å². The van der Waals surface area contributed by atoms with Crippen LogP contribution in [0.5, 0.6) is 0 Å². The van der Waals surface area contributed by atoms with E-state index in [-0.39, 0.29) is 6.04 Å². The van der Waals surface area contributed by atoms with Crippen LogP contribution in [0, 0.1) is 6.92 Å². The second kappa shape index (κ2) is 6.78. The minimum absolute atomic E-state index is 0.270. The van der Waals surface area contributed by atoms with Gasteiger partial charge in [0.05, 0.1) is 0 Å². The van der Waals surface area contributed by atoms with Crippen molar-refractivity contribution in [2.24, 2.45) is 5.73 Å². The van der Waals surface area contributed by atoms with Gasteiger partial charge in [-0.2, -0.15) is 0 Å². The summed E-state index contributed by atoms with van der Waals surface area (Å²) in [5.74, 6) is 0. The van der Waals surface area contributed by atoms with Gasteiger partial charge in [0, 0.05) is 15.8 Å². The van der Waals surface area contributed by atoms with Crippen molar-refractivity contribution in [1.82, 2.24) is 0 Å². The minimum Gasteiger partial charge on any atom is -0.327 e. The highest BCUT2D eigenvalue weighted by Gasteiger charge is 2.05. The van der Waals surface area contributed by atoms with Gasteiger partial charge in [-0.1, -0.05) is 49.0 Å². The smallest absolute Gasteiger partial charge is 0.0151 e. The molecule has 0 amide bonds. The van der Waals surface area contributed by atoms with Crippen molar-refractivity contribution in [3.05, 3.63) is 59.7 Å². The first-order valence-corrected chi connectivity index (χ1v) is 7.58. The Kier molecular flexibility index (Phi) is 5.06. The van der Waals surface area contributed by atoms with Gasteiger partial charge in [-0.3, -0.25) is 0 Å². The molecule has 0 saturated heterocycles. The molecule has 2 aromatic carbocycles. The van der Waals surface area contributed by atoms with Gasteiger partial charge in [-0.05, 0) is 49.1 Å². The standard InChI is InChI=1S/C17H21NS/c1-3-15(18)12-14-9-10-17(13(2)11-14)19-16-7-5-4-6-8-16/h4-11,15H,3,12,18H2,1-2H3. The number of aryl methyl sites for hydroxylation is 1. The first-order valence-electron chi connectivity index (χ1n) is 6.77. The predicted octanol–water partition coefficient (Wildman–Crippen LogP) is 4.43. The normalized spacial score (nSPS) is 12.4. The van der Waals surface area contributed by atoms with Gasteiger partial charge < -0.3 is 5.73 Å². The zero-order valence-corrected chi connectivity index (χ0v) is 12.4. The zero-order chi connectivity index (χ0) is 13.7. The molecule has 0 aromatic heterocycles. The third-order valence-electron chi connectivity index (χ3n) is 3.23. The summed E-state index contributed by atoms with van der Waals surface area (Å²) in [7, 11) is 0. The molecule has 0 radical (unpaired) electrons. The SMILES string of the molecule is CCC(N)Cc1ccc(Sc2ccccc2)c(C)c1. The van der Waals surface area contributed by atoms with Crippen molar-refractivity contribution in [3.63, 3.8) is 0 Å². The van der Waals surface area contributed by atoms with Crippen molar-refractivity contribution < 1.29 is 0 Å². The summed E-state index contributed by atoms with van der Waals surface area (Å²) >= 11 is 1.82. The fraction of sp³-hybridized carbons (Fsp3) is 0.294. The summed E-state index contributed by atoms with van der Waals surface area (Å²) in [6, 6.07) is 17.4. The van der Waals surface area contributed by atoms with Gasteiger partial charge in [-0.25, -0.2) is 0 Å². The molecule has 1 nitrogen and oxygen atoms in total. The molecule has 2 N–H and O–H groups in total. The van der Waals surface area contributed by atoms with Crippen molar-refractivity contribution in [1.29, 1.82) is 0 Å². The molecule has 0 aliphatic carbocycles. The van der Waals surface area contributed by atoms with Crippen LogP contribution >= 0.6 is 11.8 Å². The average molecular weight is 271 g/mol. The van der Waals surface area contributed by atoms with Gasteiger partial charge in [0.2, 0.25) is 0 Å². The molecule has 0 bridgehead atoms. The first-order chi connectivity index (χ1) is 9.19. The zero-order valence-electron chi connectivity index (χ0n) is 11.6. The molecule has 2 heteroatoms. The molecule has 100 valence electrons. The molecule has 2 aromatic rings. The summed E-state index contributed by atoms with van der Waals surface area (Å²) in [5, 5.41) is 0. The Balaban J connectivity index is 2.11. The van der Waals surface area contributed by atoms with Crippen LogP contribution in [0.25, 0.3) is 0 Å². The Morgan fingerprint density at radius 3 is 2.47 bits per heavy atom. The Morgan fingerprint density at radius 1 is 1.11 bits per heavy atom. The Morgan fingerprint density at radius 2 is 1.84 bits per heavy atom. The second-order valence-corrected chi connectivity index (χ2v) is 6.00. The molecule has 19 heavy (non-hydrogen) atoms. The number of hydrogen-bond donors (Lipinski definition) is 1. The Bertz CT molecular complexity index is 522. The molecular formula is C17H21NS. The summed E-state index contributed by atoms with van der Waals surface area (Å²) in [6.07, 6.45) is 1.99. The number of rotatable bonds is 5. The summed E-state index contributed by atoms with van der Waals surface area (Å²) < 4.78 is 0. The van der Waals surface area contributed by atoms with E-state index in [4.69, 9.17) is 5.73 Å². The van der Waals surface area contributed by atoms with Crippen LogP contribution in [0.1, 0.15) is 24.5 Å². The molecule has 0 aliphatic heterocycles. The van der Waals surface area contributed by atoms with E-state index < -0.39 is 0 Å². The predicted molar refractivity (Wildman–Crippen MR) is 83.7 cm³/mol. The van der Waals surface area contributed by atoms with Crippen LogP contribution in [0.15, 0.2) is 58.3 Å². The monoisotopic (exact) mass is 271 g/mol. The van der Waals surface area contributed by atoms with Crippen LogP contribution < -0.4 is 5.73 Å². The highest BCUT2D eigenvalue weighted by Crippen LogP contribution is 2.30. The highest BCUT2D eigenvalue weighted by molar-refractivity contribution is 7.99. The maximum atomic E-state index is 6.01. The average Bonchev–Trinajstić information content (AvgIpc) is 2.43. The topological polar surface area (TPSA) is 26.0 Å². The number of hydrogen-bond acceptors (Lipinski definition) is 2. The highest BCUT2D eigenvalue weighted by atomic mass is 32.2. The molecule has 0 aliphatic rings. The van der Waals surface area contributed by atoms with Gasteiger partial charge >= 0.3 is 0 Å². The van der Waals surface area contributed by atoms with Crippen LogP contribution in [0.3, 0.4) is 0 Å². The fourth-order valence-electron chi connectivity index (χ4n) is 2.02. The van der Waals surface area contributed by atoms with E-state index in [0.717, 1.165) is 12.8 Å². The van der Waals surface area contributed by atoms with Gasteiger partial charge in [-0.15, -0.1) is 0 Å². The van der Waals surface area contributed by atoms with E-state index in [0.29, 0.717) is 0 Å². The van der Waals surface area contributed by atoms with Gasteiger partial charge in [0.15, 0.2) is 0 Å². The quantitative estimate of drug-likeness (QED) is 0.870. The first kappa shape index (κ1) is 14.2. The van der Waals surface area contributed by atoms with Crippen LogP contribution in [0.4, 0.5) is 0 Å². The summed E-state index contributed by atoms with van der Waals surface area (Å²) in [4.78, 5) is 2.60. The lowest BCUT2D eigenvalue weighted by Crippen LogP contribution is -2.21. The third kappa shape index (κ3) is 4.12. The van der Waals surface area contributed by atoms with E-state index >= 15 is 0 Å². The molecule has 0 heterocycles. The fourth-order valence-corrected chi connectivity index (χ4v) is 2.92. The second-order valence-electron chi connectivity index (χ2n) is 4.89. The van der Waals surface area contributed by atoms with E-state index in [1.807, 2.05) is 17.8 Å². The van der Waals surface area contributed by atoms with Crippen LogP contribution in [-0.2, 0) is 6.42 Å². The van der Waals surface area contributed by atoms with Crippen LogP contribution in [-0.4, -0.2) is 6.04 Å². The molecular weight excluding hydrogens is 250 g/mol. The number of nitrogens with two attached hydrogens (primary N) is 1. The lowest BCUT2D eigenvalue weighted by molar-refractivity contribution is 0.646. The van der Waals surface area contributed by atoms with Crippen molar-refractivity contribution >= 4 is 11.8 Å². The molecule has 1 unspecified atom stereocenters. The lowest BCUT2D eigenvalue weighted by atomic mass is 10.0. The van der Waals surface area contributed by atoms with Crippen molar-refractivity contribution in [3.8, 4) is 0 Å². The van der Waals surface area contributed by atoms with E-state index in [2.05, 4.69) is 56.3 Å². The minimum atomic E-state index is 0.270. The van der Waals surface area contributed by atoms with E-state index in [1.54, 1.807) is 0 Å². The largest absolute Gasteiger partial charge is 0.327 e. The molecule has 0 fully saturated rings. The lowest BCUT2D eigenvalue weighted by Gasteiger charge is -2.11.